The monoisotopic (exact) mass is 221 g/mol. The maximum Gasteiger partial charge on any atom is 0.217 e. The number of hydrogen-bond acceptors (Lipinski definition) is 1. The Morgan fingerprint density at radius 3 is 2.44 bits per heavy atom. The molecule has 1 fully saturated rings. The first-order valence-electron chi connectivity index (χ1n) is 5.69. The summed E-state index contributed by atoms with van der Waals surface area (Å²) in [5.41, 5.74) is 1.00. The van der Waals surface area contributed by atoms with Gasteiger partial charge in [0, 0.05) is 6.92 Å². The largest absolute Gasteiger partial charge is 0.349 e. The summed E-state index contributed by atoms with van der Waals surface area (Å²) >= 11 is 0. The van der Waals surface area contributed by atoms with Crippen molar-refractivity contribution >= 4 is 5.91 Å². The minimum Gasteiger partial charge on any atom is -0.349 e. The van der Waals surface area contributed by atoms with Gasteiger partial charge in [-0.05, 0) is 36.5 Å². The fourth-order valence-corrected chi connectivity index (χ4v) is 2.14. The van der Waals surface area contributed by atoms with Crippen LogP contribution in [0.2, 0.25) is 0 Å². The number of halogens is 1. The zero-order valence-corrected chi connectivity index (χ0v) is 9.37. The molecule has 0 radical (unpaired) electrons. The average molecular weight is 221 g/mol. The molecular weight excluding hydrogens is 205 g/mol. The Hall–Kier alpha value is -1.38. The van der Waals surface area contributed by atoms with Crippen LogP contribution in [0.25, 0.3) is 0 Å². The summed E-state index contributed by atoms with van der Waals surface area (Å²) in [5.74, 6) is 0.245. The van der Waals surface area contributed by atoms with Crippen LogP contribution >= 0.6 is 0 Å². The van der Waals surface area contributed by atoms with Crippen molar-refractivity contribution in [3.63, 3.8) is 0 Å². The van der Waals surface area contributed by atoms with Crippen molar-refractivity contribution in [1.29, 1.82) is 0 Å². The third-order valence-electron chi connectivity index (χ3n) is 3.21. The maximum atomic E-state index is 12.8. The van der Waals surface area contributed by atoms with Gasteiger partial charge in [-0.15, -0.1) is 0 Å². The molecule has 86 valence electrons. The molecular formula is C13H16FNO. The third kappa shape index (κ3) is 2.40. The second-order valence-electron chi connectivity index (χ2n) is 4.42. The van der Waals surface area contributed by atoms with Crippen LogP contribution in [-0.4, -0.2) is 5.91 Å². The van der Waals surface area contributed by atoms with E-state index in [0.717, 1.165) is 18.4 Å². The molecule has 0 spiro atoms. The van der Waals surface area contributed by atoms with Gasteiger partial charge in [0.1, 0.15) is 5.82 Å². The molecule has 1 aromatic rings. The minimum atomic E-state index is -0.237. The predicted molar refractivity (Wildman–Crippen MR) is 60.3 cm³/mol. The molecule has 1 aliphatic carbocycles. The van der Waals surface area contributed by atoms with Crippen molar-refractivity contribution in [1.82, 2.24) is 5.32 Å². The van der Waals surface area contributed by atoms with E-state index in [9.17, 15) is 9.18 Å². The Bertz CT molecular complexity index is 370. The summed E-state index contributed by atoms with van der Waals surface area (Å²) < 4.78 is 12.8. The molecule has 0 aliphatic heterocycles. The molecule has 1 aliphatic rings. The van der Waals surface area contributed by atoms with Gasteiger partial charge in [0.25, 0.3) is 0 Å². The highest BCUT2D eigenvalue weighted by Crippen LogP contribution is 2.37. The normalized spacial score (nSPS) is 17.6. The summed E-state index contributed by atoms with van der Waals surface area (Å²) in [6.45, 7) is 1.52. The minimum absolute atomic E-state index is 0.0266. The first-order chi connectivity index (χ1) is 7.66. The SMILES string of the molecule is CC(=O)NC(c1ccc(F)cc1)C1CCC1. The Balaban J connectivity index is 2.16. The Morgan fingerprint density at radius 2 is 2.00 bits per heavy atom. The summed E-state index contributed by atoms with van der Waals surface area (Å²) in [6, 6.07) is 6.46. The van der Waals surface area contributed by atoms with E-state index in [1.807, 2.05) is 0 Å². The lowest BCUT2D eigenvalue weighted by Crippen LogP contribution is -2.34. The molecule has 0 heterocycles. The zero-order chi connectivity index (χ0) is 11.5. The number of carbonyl (C=O) groups excluding carboxylic acids is 1. The maximum absolute atomic E-state index is 12.8. The number of carbonyl (C=O) groups is 1. The van der Waals surface area contributed by atoms with Crippen molar-refractivity contribution in [2.45, 2.75) is 32.2 Å². The molecule has 1 amide bonds. The van der Waals surface area contributed by atoms with Crippen molar-refractivity contribution in [2.75, 3.05) is 0 Å². The highest BCUT2D eigenvalue weighted by molar-refractivity contribution is 5.73. The van der Waals surface area contributed by atoms with E-state index in [-0.39, 0.29) is 17.8 Å². The molecule has 2 rings (SSSR count). The van der Waals surface area contributed by atoms with Crippen LogP contribution in [0.1, 0.15) is 37.8 Å². The number of rotatable bonds is 3. The number of hydrogen-bond donors (Lipinski definition) is 1. The first kappa shape index (κ1) is 11.1. The lowest BCUT2D eigenvalue weighted by molar-refractivity contribution is -0.120. The molecule has 1 unspecified atom stereocenters. The van der Waals surface area contributed by atoms with Gasteiger partial charge in [-0.1, -0.05) is 18.6 Å². The summed E-state index contributed by atoms with van der Waals surface area (Å²) in [6.07, 6.45) is 3.51. The fraction of sp³-hybridized carbons (Fsp3) is 0.462. The summed E-state index contributed by atoms with van der Waals surface area (Å²) in [4.78, 5) is 11.2. The molecule has 0 bridgehead atoms. The van der Waals surface area contributed by atoms with Gasteiger partial charge >= 0.3 is 0 Å². The highest BCUT2D eigenvalue weighted by Gasteiger charge is 2.28. The molecule has 1 atom stereocenters. The van der Waals surface area contributed by atoms with E-state index >= 15 is 0 Å². The van der Waals surface area contributed by atoms with Gasteiger partial charge in [-0.25, -0.2) is 4.39 Å². The van der Waals surface area contributed by atoms with Gasteiger partial charge in [0.15, 0.2) is 0 Å². The summed E-state index contributed by atoms with van der Waals surface area (Å²) in [5, 5.41) is 2.96. The van der Waals surface area contributed by atoms with E-state index in [2.05, 4.69) is 5.32 Å². The van der Waals surface area contributed by atoms with Crippen molar-refractivity contribution in [2.24, 2.45) is 5.92 Å². The molecule has 0 aromatic heterocycles. The number of nitrogens with one attached hydrogen (secondary N) is 1. The predicted octanol–water partition coefficient (Wildman–Crippen LogP) is 2.80. The van der Waals surface area contributed by atoms with E-state index in [1.54, 1.807) is 12.1 Å². The van der Waals surface area contributed by atoms with Gasteiger partial charge in [-0.2, -0.15) is 0 Å². The van der Waals surface area contributed by atoms with E-state index in [0.29, 0.717) is 5.92 Å². The second kappa shape index (κ2) is 4.64. The van der Waals surface area contributed by atoms with E-state index < -0.39 is 0 Å². The lowest BCUT2D eigenvalue weighted by atomic mass is 9.77. The smallest absolute Gasteiger partial charge is 0.217 e. The van der Waals surface area contributed by atoms with Gasteiger partial charge in [0.05, 0.1) is 6.04 Å². The number of amides is 1. The van der Waals surface area contributed by atoms with Crippen LogP contribution in [0.3, 0.4) is 0 Å². The Labute approximate surface area is 94.9 Å². The van der Waals surface area contributed by atoms with Crippen LogP contribution < -0.4 is 5.32 Å². The van der Waals surface area contributed by atoms with E-state index in [1.165, 1.54) is 25.5 Å². The lowest BCUT2D eigenvalue weighted by Gasteiger charge is -2.34. The van der Waals surface area contributed by atoms with Crippen molar-refractivity contribution < 1.29 is 9.18 Å². The van der Waals surface area contributed by atoms with Gasteiger partial charge < -0.3 is 5.32 Å². The van der Waals surface area contributed by atoms with Crippen molar-refractivity contribution in [3.8, 4) is 0 Å². The van der Waals surface area contributed by atoms with Crippen LogP contribution in [0.5, 0.6) is 0 Å². The van der Waals surface area contributed by atoms with Gasteiger partial charge in [-0.3, -0.25) is 4.79 Å². The number of benzene rings is 1. The fourth-order valence-electron chi connectivity index (χ4n) is 2.14. The first-order valence-corrected chi connectivity index (χ1v) is 5.69. The van der Waals surface area contributed by atoms with Gasteiger partial charge in [0.2, 0.25) is 5.91 Å². The third-order valence-corrected chi connectivity index (χ3v) is 3.21. The van der Waals surface area contributed by atoms with Crippen LogP contribution in [0, 0.1) is 11.7 Å². The molecule has 3 heteroatoms. The Morgan fingerprint density at radius 1 is 1.38 bits per heavy atom. The van der Waals surface area contributed by atoms with E-state index in [4.69, 9.17) is 0 Å². The summed E-state index contributed by atoms with van der Waals surface area (Å²) in [7, 11) is 0. The van der Waals surface area contributed by atoms with Crippen LogP contribution in [0.4, 0.5) is 4.39 Å². The molecule has 1 N–H and O–H groups in total. The highest BCUT2D eigenvalue weighted by atomic mass is 19.1. The second-order valence-corrected chi connectivity index (χ2v) is 4.42. The molecule has 0 saturated heterocycles. The average Bonchev–Trinajstić information content (AvgIpc) is 2.14. The molecule has 2 nitrogen and oxygen atoms in total. The van der Waals surface area contributed by atoms with Crippen LogP contribution in [-0.2, 0) is 4.79 Å². The molecule has 1 saturated carbocycles. The quantitative estimate of drug-likeness (QED) is 0.835. The Kier molecular flexibility index (Phi) is 3.22. The standard InChI is InChI=1S/C13H16FNO/c1-9(16)15-13(10-3-2-4-10)11-5-7-12(14)8-6-11/h5-8,10,13H,2-4H2,1H3,(H,15,16). The molecule has 1 aromatic carbocycles. The zero-order valence-electron chi connectivity index (χ0n) is 9.37. The molecule has 16 heavy (non-hydrogen) atoms. The van der Waals surface area contributed by atoms with Crippen molar-refractivity contribution in [3.05, 3.63) is 35.6 Å². The topological polar surface area (TPSA) is 29.1 Å². The van der Waals surface area contributed by atoms with Crippen LogP contribution in [0.15, 0.2) is 24.3 Å².